The van der Waals surface area contributed by atoms with Gasteiger partial charge in [-0.2, -0.15) is 0 Å². The van der Waals surface area contributed by atoms with Crippen LogP contribution in [0.25, 0.3) is 0 Å². The number of carbonyl (C=O) groups excluding carboxylic acids is 1. The summed E-state index contributed by atoms with van der Waals surface area (Å²) in [4.78, 5) is 27.5. The first-order valence-corrected chi connectivity index (χ1v) is 6.39. The van der Waals surface area contributed by atoms with E-state index in [0.29, 0.717) is 18.9 Å². The Kier molecular flexibility index (Phi) is 2.81. The zero-order chi connectivity index (χ0) is 14.3. The molecule has 1 aromatic rings. The van der Waals surface area contributed by atoms with E-state index in [-0.39, 0.29) is 28.5 Å². The Morgan fingerprint density at radius 1 is 1.15 bits per heavy atom. The monoisotopic (exact) mass is 274 g/mol. The molecule has 0 aromatic carbocycles. The molecule has 0 saturated carbocycles. The third kappa shape index (κ3) is 1.87. The summed E-state index contributed by atoms with van der Waals surface area (Å²) in [6, 6.07) is 0. The number of fused-ring (bicyclic) bond motifs is 1. The van der Waals surface area contributed by atoms with Gasteiger partial charge in [-0.15, -0.1) is 0 Å². The Hall–Kier alpha value is -2.57. The summed E-state index contributed by atoms with van der Waals surface area (Å²) in [6.45, 7) is 1.30. The third-order valence-electron chi connectivity index (χ3n) is 3.42. The lowest BCUT2D eigenvalue weighted by Gasteiger charge is -2.17. The second-order valence-corrected chi connectivity index (χ2v) is 4.75. The topological polar surface area (TPSA) is 103 Å². The molecular weight excluding hydrogens is 260 g/mol. The Bertz CT molecular complexity index is 734. The van der Waals surface area contributed by atoms with Crippen molar-refractivity contribution in [3.63, 3.8) is 0 Å². The Morgan fingerprint density at radius 2 is 1.85 bits per heavy atom. The van der Waals surface area contributed by atoms with Crippen molar-refractivity contribution in [1.29, 1.82) is 0 Å². The van der Waals surface area contributed by atoms with Crippen LogP contribution in [0.2, 0.25) is 0 Å². The SMILES string of the molecule is Nc1c(/N=C2/C=CC(=O)C=C2O)c(=O)n2n1CCCC2. The summed E-state index contributed by atoms with van der Waals surface area (Å²) in [5.74, 6) is -0.284. The summed E-state index contributed by atoms with van der Waals surface area (Å²) < 4.78 is 3.28. The fraction of sp³-hybridized carbons (Fsp3) is 0.308. The van der Waals surface area contributed by atoms with E-state index < -0.39 is 0 Å². The first-order valence-electron chi connectivity index (χ1n) is 6.39. The number of aliphatic hydroxyl groups is 1. The van der Waals surface area contributed by atoms with Crippen LogP contribution in [0.15, 0.2) is 33.8 Å². The lowest BCUT2D eigenvalue weighted by molar-refractivity contribution is -0.110. The van der Waals surface area contributed by atoms with Crippen LogP contribution in [0.5, 0.6) is 0 Å². The van der Waals surface area contributed by atoms with E-state index >= 15 is 0 Å². The van der Waals surface area contributed by atoms with Crippen molar-refractivity contribution >= 4 is 23.0 Å². The lowest BCUT2D eigenvalue weighted by Crippen LogP contribution is -2.27. The highest BCUT2D eigenvalue weighted by Gasteiger charge is 2.21. The minimum Gasteiger partial charge on any atom is -0.506 e. The van der Waals surface area contributed by atoms with Crippen molar-refractivity contribution in [2.75, 3.05) is 5.73 Å². The van der Waals surface area contributed by atoms with Gasteiger partial charge in [-0.25, -0.2) is 9.67 Å². The molecule has 3 N–H and O–H groups in total. The first-order chi connectivity index (χ1) is 9.58. The smallest absolute Gasteiger partial charge is 0.294 e. The van der Waals surface area contributed by atoms with E-state index in [1.165, 1.54) is 12.2 Å². The number of allylic oxidation sites excluding steroid dienone is 3. The van der Waals surface area contributed by atoms with Crippen LogP contribution in [0.3, 0.4) is 0 Å². The molecule has 1 aromatic heterocycles. The number of aliphatic hydroxyl groups excluding tert-OH is 1. The summed E-state index contributed by atoms with van der Waals surface area (Å²) in [7, 11) is 0. The molecule has 20 heavy (non-hydrogen) atoms. The van der Waals surface area contributed by atoms with Gasteiger partial charge in [-0.3, -0.25) is 14.3 Å². The molecule has 7 nitrogen and oxygen atoms in total. The zero-order valence-corrected chi connectivity index (χ0v) is 10.7. The van der Waals surface area contributed by atoms with Gasteiger partial charge in [0.05, 0.1) is 0 Å². The number of hydrogen-bond donors (Lipinski definition) is 2. The van der Waals surface area contributed by atoms with Gasteiger partial charge in [0.1, 0.15) is 11.5 Å². The van der Waals surface area contributed by atoms with Crippen LogP contribution in [0.4, 0.5) is 11.5 Å². The van der Waals surface area contributed by atoms with E-state index in [2.05, 4.69) is 4.99 Å². The van der Waals surface area contributed by atoms with Crippen molar-refractivity contribution in [2.24, 2.45) is 4.99 Å². The van der Waals surface area contributed by atoms with Crippen LogP contribution in [-0.4, -0.2) is 26.0 Å². The zero-order valence-electron chi connectivity index (χ0n) is 10.7. The molecule has 0 atom stereocenters. The number of aliphatic imine (C=N–C) groups is 1. The number of hydrogen-bond acceptors (Lipinski definition) is 5. The predicted molar refractivity (Wildman–Crippen MR) is 74.3 cm³/mol. The minimum absolute atomic E-state index is 0.112. The van der Waals surface area contributed by atoms with E-state index in [9.17, 15) is 14.7 Å². The van der Waals surface area contributed by atoms with Gasteiger partial charge < -0.3 is 10.8 Å². The molecule has 0 radical (unpaired) electrons. The normalized spacial score (nSPS) is 20.1. The van der Waals surface area contributed by atoms with Crippen molar-refractivity contribution < 1.29 is 9.90 Å². The van der Waals surface area contributed by atoms with E-state index in [0.717, 1.165) is 18.9 Å². The quantitative estimate of drug-likeness (QED) is 0.735. The number of nitrogens with zero attached hydrogens (tertiary/aromatic N) is 3. The van der Waals surface area contributed by atoms with Crippen LogP contribution in [-0.2, 0) is 17.9 Å². The molecule has 0 fully saturated rings. The summed E-state index contributed by atoms with van der Waals surface area (Å²) in [5.41, 5.74) is 5.96. The second kappa shape index (κ2) is 4.52. The molecule has 0 saturated heterocycles. The Labute approximate surface area is 114 Å². The molecule has 0 spiro atoms. The van der Waals surface area contributed by atoms with E-state index in [1.54, 1.807) is 9.36 Å². The highest BCUT2D eigenvalue weighted by Crippen LogP contribution is 2.23. The van der Waals surface area contributed by atoms with Gasteiger partial charge in [0.2, 0.25) is 0 Å². The van der Waals surface area contributed by atoms with Gasteiger partial charge in [0.15, 0.2) is 17.3 Å². The summed E-state index contributed by atoms with van der Waals surface area (Å²) >= 11 is 0. The average molecular weight is 274 g/mol. The number of anilines is 1. The molecule has 1 aliphatic carbocycles. The van der Waals surface area contributed by atoms with Crippen LogP contribution < -0.4 is 11.3 Å². The fourth-order valence-corrected chi connectivity index (χ4v) is 2.40. The van der Waals surface area contributed by atoms with Gasteiger partial charge in [0.25, 0.3) is 5.56 Å². The summed E-state index contributed by atoms with van der Waals surface area (Å²) in [5, 5.41) is 9.69. The molecule has 2 aliphatic rings. The molecule has 3 rings (SSSR count). The number of carbonyl (C=O) groups is 1. The highest BCUT2D eigenvalue weighted by atomic mass is 16.3. The third-order valence-corrected chi connectivity index (χ3v) is 3.42. The van der Waals surface area contributed by atoms with E-state index in [4.69, 9.17) is 5.73 Å². The first kappa shape index (κ1) is 12.5. The van der Waals surface area contributed by atoms with Gasteiger partial charge >= 0.3 is 0 Å². The van der Waals surface area contributed by atoms with Crippen molar-refractivity contribution in [1.82, 2.24) is 9.36 Å². The molecule has 0 unspecified atom stereocenters. The van der Waals surface area contributed by atoms with Crippen LogP contribution in [0, 0.1) is 0 Å². The molecule has 2 heterocycles. The maximum atomic E-state index is 12.2. The van der Waals surface area contributed by atoms with Gasteiger partial charge in [-0.05, 0) is 25.0 Å². The minimum atomic E-state index is -0.317. The number of aromatic nitrogens is 2. The Morgan fingerprint density at radius 3 is 2.50 bits per heavy atom. The second-order valence-electron chi connectivity index (χ2n) is 4.75. The van der Waals surface area contributed by atoms with Crippen molar-refractivity contribution in [2.45, 2.75) is 25.9 Å². The Balaban J connectivity index is 2.11. The number of ketones is 1. The largest absolute Gasteiger partial charge is 0.506 e. The van der Waals surface area contributed by atoms with Gasteiger partial charge in [0, 0.05) is 19.2 Å². The number of rotatable bonds is 1. The van der Waals surface area contributed by atoms with Crippen molar-refractivity contribution in [3.8, 4) is 0 Å². The fourth-order valence-electron chi connectivity index (χ4n) is 2.40. The summed E-state index contributed by atoms with van der Waals surface area (Å²) in [6.07, 6.45) is 5.61. The lowest BCUT2D eigenvalue weighted by atomic mass is 10.1. The molecule has 1 aliphatic heterocycles. The number of nitrogen functional groups attached to an aromatic ring is 1. The standard InChI is InChI=1S/C13H14N4O3/c14-12-11(13(20)17-6-2-1-5-16(12)17)15-9-4-3-8(18)7-10(9)19/h3-4,7,19H,1-2,5-6,14H2/b15-9-. The maximum absolute atomic E-state index is 12.2. The number of nitrogens with two attached hydrogens (primary N) is 1. The average Bonchev–Trinajstić information content (AvgIpc) is 2.67. The van der Waals surface area contributed by atoms with Crippen molar-refractivity contribution in [3.05, 3.63) is 34.3 Å². The molecule has 0 bridgehead atoms. The molecule has 7 heteroatoms. The highest BCUT2D eigenvalue weighted by molar-refractivity contribution is 6.19. The van der Waals surface area contributed by atoms with Gasteiger partial charge in [-0.1, -0.05) is 0 Å². The predicted octanol–water partition coefficient (Wildman–Crippen LogP) is 0.679. The maximum Gasteiger partial charge on any atom is 0.294 e. The molecule has 0 amide bonds. The molecular formula is C13H14N4O3. The molecule has 104 valence electrons. The van der Waals surface area contributed by atoms with Crippen LogP contribution >= 0.6 is 0 Å². The van der Waals surface area contributed by atoms with E-state index in [1.807, 2.05) is 0 Å². The van der Waals surface area contributed by atoms with Crippen LogP contribution in [0.1, 0.15) is 12.8 Å².